The summed E-state index contributed by atoms with van der Waals surface area (Å²) in [7, 11) is 1.43. The molecule has 5 aliphatic rings. The SMILES string of the molecule is COC(=O)c1ccc(C2=CC[C@]3(C)[C@H]4CC=C5[C@@H]6[C@@H](I)[C@H](C)CC[C@]6(C(=O)Cl)CC[C@@]5(C)[C@]4(C)CC[C@H]3C2(C)C)cc1. The highest BCUT2D eigenvalue weighted by molar-refractivity contribution is 14.1. The summed E-state index contributed by atoms with van der Waals surface area (Å²) in [5, 5.41) is -0.0849. The molecule has 6 rings (SSSR count). The number of halogens is 2. The van der Waals surface area contributed by atoms with Crippen molar-refractivity contribution in [3.05, 3.63) is 53.1 Å². The van der Waals surface area contributed by atoms with Gasteiger partial charge in [0.2, 0.25) is 5.24 Å². The van der Waals surface area contributed by atoms with Crippen molar-refractivity contribution in [1.82, 2.24) is 0 Å². The average Bonchev–Trinajstić information content (AvgIpc) is 2.94. The van der Waals surface area contributed by atoms with E-state index >= 15 is 0 Å². The van der Waals surface area contributed by atoms with E-state index in [0.29, 0.717) is 27.2 Å². The Morgan fingerprint density at radius 1 is 0.929 bits per heavy atom. The van der Waals surface area contributed by atoms with Crippen molar-refractivity contribution >= 4 is 51.0 Å². The van der Waals surface area contributed by atoms with Crippen molar-refractivity contribution < 1.29 is 14.3 Å². The van der Waals surface area contributed by atoms with Gasteiger partial charge in [-0.1, -0.05) is 94.0 Å². The smallest absolute Gasteiger partial charge is 0.337 e. The predicted octanol–water partition coefficient (Wildman–Crippen LogP) is 10.1. The monoisotopic (exact) mass is 702 g/mol. The van der Waals surface area contributed by atoms with Gasteiger partial charge in [0.1, 0.15) is 0 Å². The number of carbonyl (C=O) groups excluding carboxylic acids is 2. The van der Waals surface area contributed by atoms with Gasteiger partial charge in [0.15, 0.2) is 0 Å². The summed E-state index contributed by atoms with van der Waals surface area (Å²) in [5.74, 6) is 1.73. The summed E-state index contributed by atoms with van der Waals surface area (Å²) < 4.78 is 5.37. The van der Waals surface area contributed by atoms with Crippen LogP contribution in [-0.2, 0) is 9.53 Å². The largest absolute Gasteiger partial charge is 0.465 e. The molecule has 5 heteroatoms. The lowest BCUT2D eigenvalue weighted by molar-refractivity contribution is -0.161. The molecule has 42 heavy (non-hydrogen) atoms. The van der Waals surface area contributed by atoms with Crippen LogP contribution in [0.15, 0.2) is 42.0 Å². The molecule has 0 spiro atoms. The fourth-order valence-electron chi connectivity index (χ4n) is 11.4. The second-order valence-electron chi connectivity index (χ2n) is 15.8. The molecule has 3 nitrogen and oxygen atoms in total. The summed E-state index contributed by atoms with van der Waals surface area (Å²) in [6, 6.07) is 8.01. The highest BCUT2D eigenvalue weighted by Gasteiger charge is 2.69. The number of alkyl halides is 1. The van der Waals surface area contributed by atoms with Gasteiger partial charge in [-0.25, -0.2) is 4.79 Å². The molecule has 0 unspecified atom stereocenters. The van der Waals surface area contributed by atoms with E-state index in [1.807, 2.05) is 12.1 Å². The van der Waals surface area contributed by atoms with Crippen molar-refractivity contribution in [3.63, 3.8) is 0 Å². The van der Waals surface area contributed by atoms with Crippen LogP contribution in [0.4, 0.5) is 0 Å². The number of methoxy groups -OCH3 is 1. The van der Waals surface area contributed by atoms with Crippen molar-refractivity contribution in [1.29, 1.82) is 0 Å². The third-order valence-corrected chi connectivity index (χ3v) is 16.3. The van der Waals surface area contributed by atoms with Crippen LogP contribution in [-0.4, -0.2) is 22.2 Å². The lowest BCUT2D eigenvalue weighted by atomic mass is 9.34. The van der Waals surface area contributed by atoms with E-state index in [2.05, 4.69) is 88.4 Å². The highest BCUT2D eigenvalue weighted by Crippen LogP contribution is 2.76. The van der Waals surface area contributed by atoms with Crippen LogP contribution < -0.4 is 0 Å². The summed E-state index contributed by atoms with van der Waals surface area (Å²) in [5.41, 5.74) is 4.90. The standard InChI is InChI=1S/C37H48ClIO3/c1-22-14-19-37(32(38)41)21-20-35(5)26(29(37)30(22)39)12-13-28-34(4)17-15-25(23-8-10-24(11-9-23)31(40)42-7)33(2,3)27(34)16-18-36(28,35)6/h8-12,15,22,27-30H,13-14,16-21H2,1-7H3/t22-,27+,28-,29-,30+,34+,35-,36-,37+/m1/s1. The van der Waals surface area contributed by atoms with E-state index < -0.39 is 0 Å². The maximum atomic E-state index is 13.2. The van der Waals surface area contributed by atoms with Gasteiger partial charge in [-0.15, -0.1) is 0 Å². The lowest BCUT2D eigenvalue weighted by Gasteiger charge is -2.70. The minimum Gasteiger partial charge on any atom is -0.465 e. The topological polar surface area (TPSA) is 43.4 Å². The van der Waals surface area contributed by atoms with Gasteiger partial charge < -0.3 is 4.74 Å². The van der Waals surface area contributed by atoms with Gasteiger partial charge in [0.05, 0.1) is 18.1 Å². The third-order valence-electron chi connectivity index (χ3n) is 14.0. The number of fused-ring (bicyclic) bond motifs is 7. The Labute approximate surface area is 271 Å². The van der Waals surface area contributed by atoms with Crippen LogP contribution in [0, 0.1) is 50.7 Å². The third kappa shape index (κ3) is 4.01. The number of benzene rings is 1. The zero-order valence-corrected chi connectivity index (χ0v) is 29.4. The first-order chi connectivity index (χ1) is 19.7. The van der Waals surface area contributed by atoms with Crippen LogP contribution in [0.3, 0.4) is 0 Å². The molecule has 1 aromatic carbocycles. The van der Waals surface area contributed by atoms with Crippen LogP contribution in [0.25, 0.3) is 5.57 Å². The quantitative estimate of drug-likeness (QED) is 0.104. The molecule has 0 radical (unpaired) electrons. The number of ether oxygens (including phenoxy) is 1. The molecule has 0 aliphatic heterocycles. The first kappa shape index (κ1) is 30.9. The zero-order chi connectivity index (χ0) is 30.5. The zero-order valence-electron chi connectivity index (χ0n) is 26.5. The second-order valence-corrected chi connectivity index (χ2v) is 17.6. The fourth-order valence-corrected chi connectivity index (χ4v) is 13.2. The molecule has 9 atom stereocenters. The van der Waals surface area contributed by atoms with Gasteiger partial charge in [0, 0.05) is 9.84 Å². The molecule has 0 N–H and O–H groups in total. The van der Waals surface area contributed by atoms with Crippen molar-refractivity contribution in [2.24, 2.45) is 50.7 Å². The molecular formula is C37H48ClIO3. The summed E-state index contributed by atoms with van der Waals surface area (Å²) >= 11 is 9.20. The Hall–Kier alpha value is -1.14. The maximum absolute atomic E-state index is 13.2. The van der Waals surface area contributed by atoms with E-state index in [4.69, 9.17) is 16.3 Å². The maximum Gasteiger partial charge on any atom is 0.337 e. The predicted molar refractivity (Wildman–Crippen MR) is 180 cm³/mol. The summed E-state index contributed by atoms with van der Waals surface area (Å²) in [4.78, 5) is 25.2. The van der Waals surface area contributed by atoms with Crippen LogP contribution in [0.5, 0.6) is 0 Å². The summed E-state index contributed by atoms with van der Waals surface area (Å²) in [6.07, 6.45) is 13.8. The van der Waals surface area contributed by atoms with Gasteiger partial charge in [-0.05, 0) is 126 Å². The van der Waals surface area contributed by atoms with Crippen LogP contribution >= 0.6 is 34.2 Å². The van der Waals surface area contributed by atoms with Crippen molar-refractivity contribution in [2.75, 3.05) is 7.11 Å². The van der Waals surface area contributed by atoms with Gasteiger partial charge >= 0.3 is 5.97 Å². The molecule has 1 aromatic rings. The molecule has 3 fully saturated rings. The molecule has 0 bridgehead atoms. The number of esters is 1. The van der Waals surface area contributed by atoms with E-state index in [0.717, 1.165) is 38.5 Å². The fraction of sp³-hybridized carbons (Fsp3) is 0.676. The molecule has 228 valence electrons. The van der Waals surface area contributed by atoms with E-state index in [1.165, 1.54) is 31.1 Å². The number of hydrogen-bond donors (Lipinski definition) is 0. The van der Waals surface area contributed by atoms with Gasteiger partial charge in [0.25, 0.3) is 0 Å². The van der Waals surface area contributed by atoms with Crippen LogP contribution in [0.2, 0.25) is 0 Å². The molecule has 5 aliphatic carbocycles. The number of rotatable bonds is 3. The normalized spacial score (nSPS) is 43.9. The molecule has 0 aromatic heterocycles. The van der Waals surface area contributed by atoms with E-state index in [9.17, 15) is 9.59 Å². The van der Waals surface area contributed by atoms with Gasteiger partial charge in [-0.2, -0.15) is 0 Å². The minimum absolute atomic E-state index is 0.0187. The van der Waals surface area contributed by atoms with E-state index in [-0.39, 0.29) is 44.2 Å². The van der Waals surface area contributed by atoms with Gasteiger partial charge in [-0.3, -0.25) is 4.79 Å². The highest BCUT2D eigenvalue weighted by atomic mass is 127. The van der Waals surface area contributed by atoms with E-state index in [1.54, 1.807) is 5.57 Å². The Bertz CT molecular complexity index is 1360. The second kappa shape index (κ2) is 10.2. The molecule has 3 saturated carbocycles. The Morgan fingerprint density at radius 2 is 1.62 bits per heavy atom. The number of allylic oxidation sites excluding steroid dienone is 4. The first-order valence-electron chi connectivity index (χ1n) is 16.1. The Kier molecular flexibility index (Phi) is 7.49. The van der Waals surface area contributed by atoms with Crippen molar-refractivity contribution in [2.45, 2.75) is 96.8 Å². The Morgan fingerprint density at radius 3 is 2.26 bits per heavy atom. The summed E-state index contributed by atoms with van der Waals surface area (Å²) in [6.45, 7) is 15.1. The first-order valence-corrected chi connectivity index (χ1v) is 17.7. The number of hydrogen-bond acceptors (Lipinski definition) is 3. The molecule has 0 amide bonds. The average molecular weight is 703 g/mol. The minimum atomic E-state index is -0.385. The van der Waals surface area contributed by atoms with Crippen LogP contribution in [0.1, 0.15) is 109 Å². The number of carbonyl (C=O) groups is 2. The Balaban J connectivity index is 1.39. The molecular weight excluding hydrogens is 655 g/mol. The molecule has 0 heterocycles. The molecule has 0 saturated heterocycles. The lowest BCUT2D eigenvalue weighted by Crippen LogP contribution is -2.64. The van der Waals surface area contributed by atoms with Crippen molar-refractivity contribution in [3.8, 4) is 0 Å².